The van der Waals surface area contributed by atoms with E-state index in [1.807, 2.05) is 0 Å². The van der Waals surface area contributed by atoms with Gasteiger partial charge in [0.2, 0.25) is 0 Å². The van der Waals surface area contributed by atoms with Gasteiger partial charge in [-0.3, -0.25) is 0 Å². The minimum atomic E-state index is 0.638. The first-order valence-corrected chi connectivity index (χ1v) is 5.69. The van der Waals surface area contributed by atoms with Crippen molar-refractivity contribution in [1.82, 2.24) is 0 Å². The summed E-state index contributed by atoms with van der Waals surface area (Å²) >= 11 is 0. The quantitative estimate of drug-likeness (QED) is 0.492. The van der Waals surface area contributed by atoms with Crippen LogP contribution >= 0.6 is 0 Å². The standard InChI is InChI=1S/C13H16/c1-2-4-13-6-5-12(13,3-1)8-10-7-11(10)9-13/h1-2,5-6,10-11H,3-4,7-9H2/t10-,11-,12+,13+/m0/s1. The SMILES string of the molecule is C1=CC[C@]23C=C[C@]2(C1)C[C@@H]1C[C@H]1C3. The molecule has 0 heterocycles. The molecular formula is C13H16. The van der Waals surface area contributed by atoms with E-state index in [1.54, 1.807) is 6.42 Å². The number of rotatable bonds is 0. The molecule has 0 N–H and O–H groups in total. The van der Waals surface area contributed by atoms with Crippen LogP contribution in [0.25, 0.3) is 0 Å². The minimum absolute atomic E-state index is 0.638. The second kappa shape index (κ2) is 1.80. The molecule has 4 atom stereocenters. The Hall–Kier alpha value is -0.520. The normalized spacial score (nSPS) is 60.3. The van der Waals surface area contributed by atoms with Crippen molar-refractivity contribution in [3.63, 3.8) is 0 Å². The van der Waals surface area contributed by atoms with Gasteiger partial charge >= 0.3 is 0 Å². The van der Waals surface area contributed by atoms with Gasteiger partial charge in [-0.2, -0.15) is 0 Å². The van der Waals surface area contributed by atoms with Crippen molar-refractivity contribution in [1.29, 1.82) is 0 Å². The van der Waals surface area contributed by atoms with Gasteiger partial charge in [0.05, 0.1) is 0 Å². The molecule has 0 aromatic rings. The summed E-state index contributed by atoms with van der Waals surface area (Å²) in [6.45, 7) is 0. The van der Waals surface area contributed by atoms with E-state index in [2.05, 4.69) is 24.3 Å². The van der Waals surface area contributed by atoms with Gasteiger partial charge in [0.1, 0.15) is 0 Å². The van der Waals surface area contributed by atoms with Crippen molar-refractivity contribution < 1.29 is 0 Å². The van der Waals surface area contributed by atoms with Crippen LogP contribution in [-0.4, -0.2) is 0 Å². The lowest BCUT2D eigenvalue weighted by Crippen LogP contribution is -2.49. The molecule has 4 rings (SSSR count). The maximum atomic E-state index is 2.53. The molecule has 0 radical (unpaired) electrons. The first-order chi connectivity index (χ1) is 6.34. The van der Waals surface area contributed by atoms with Crippen LogP contribution in [0.2, 0.25) is 0 Å². The van der Waals surface area contributed by atoms with Crippen LogP contribution in [-0.2, 0) is 0 Å². The Morgan fingerprint density at radius 1 is 0.846 bits per heavy atom. The fourth-order valence-corrected chi connectivity index (χ4v) is 4.14. The Balaban J connectivity index is 1.83. The molecule has 0 aromatic heterocycles. The first-order valence-electron chi connectivity index (χ1n) is 5.69. The Morgan fingerprint density at radius 2 is 1.38 bits per heavy atom. The molecule has 0 unspecified atom stereocenters. The smallest absolute Gasteiger partial charge is 0.00131 e. The second-order valence-corrected chi connectivity index (χ2v) is 5.69. The highest BCUT2D eigenvalue weighted by molar-refractivity contribution is 5.35. The van der Waals surface area contributed by atoms with E-state index in [1.165, 1.54) is 25.7 Å². The second-order valence-electron chi connectivity index (χ2n) is 5.69. The molecule has 0 aliphatic heterocycles. The van der Waals surface area contributed by atoms with Crippen molar-refractivity contribution in [3.05, 3.63) is 24.3 Å². The molecule has 0 nitrogen and oxygen atoms in total. The van der Waals surface area contributed by atoms with Gasteiger partial charge in [-0.1, -0.05) is 24.3 Å². The van der Waals surface area contributed by atoms with Crippen LogP contribution < -0.4 is 0 Å². The van der Waals surface area contributed by atoms with Crippen molar-refractivity contribution in [2.45, 2.75) is 32.1 Å². The molecule has 4 aliphatic rings. The Bertz CT molecular complexity index is 295. The predicted octanol–water partition coefficient (Wildman–Crippen LogP) is 3.31. The molecule has 0 heteroatoms. The topological polar surface area (TPSA) is 0 Å². The van der Waals surface area contributed by atoms with E-state index >= 15 is 0 Å². The maximum Gasteiger partial charge on any atom is 0.00131 e. The van der Waals surface area contributed by atoms with Gasteiger partial charge in [0, 0.05) is 10.8 Å². The molecule has 0 aromatic carbocycles. The Morgan fingerprint density at radius 3 is 1.85 bits per heavy atom. The third-order valence-electron chi connectivity index (χ3n) is 5.17. The minimum Gasteiger partial charge on any atom is -0.0876 e. The molecular weight excluding hydrogens is 156 g/mol. The van der Waals surface area contributed by atoms with Crippen molar-refractivity contribution >= 4 is 0 Å². The molecule has 0 saturated heterocycles. The highest BCUT2D eigenvalue weighted by Gasteiger charge is 2.62. The van der Waals surface area contributed by atoms with Gasteiger partial charge in [-0.25, -0.2) is 0 Å². The first kappa shape index (κ1) is 6.86. The summed E-state index contributed by atoms with van der Waals surface area (Å²) in [6, 6.07) is 0. The predicted molar refractivity (Wildman–Crippen MR) is 53.2 cm³/mol. The summed E-state index contributed by atoms with van der Waals surface area (Å²) in [4.78, 5) is 0. The molecule has 0 amide bonds. The zero-order valence-electron chi connectivity index (χ0n) is 8.00. The van der Waals surface area contributed by atoms with Gasteiger partial charge in [-0.05, 0) is 43.9 Å². The van der Waals surface area contributed by atoms with Gasteiger partial charge in [0.25, 0.3) is 0 Å². The molecule has 2 saturated carbocycles. The highest BCUT2D eigenvalue weighted by atomic mass is 14.7. The van der Waals surface area contributed by atoms with Crippen LogP contribution in [0.15, 0.2) is 24.3 Å². The number of fused-ring (bicyclic) bond motifs is 1. The average Bonchev–Trinajstić information content (AvgIpc) is 2.84. The number of hydrogen-bond acceptors (Lipinski definition) is 0. The number of hydrogen-bond donors (Lipinski definition) is 0. The average molecular weight is 172 g/mol. The van der Waals surface area contributed by atoms with E-state index in [9.17, 15) is 0 Å². The molecule has 68 valence electrons. The van der Waals surface area contributed by atoms with Crippen LogP contribution in [0.3, 0.4) is 0 Å². The highest BCUT2D eigenvalue weighted by Crippen LogP contribution is 2.72. The Labute approximate surface area is 79.7 Å². The van der Waals surface area contributed by atoms with Crippen molar-refractivity contribution in [3.8, 4) is 0 Å². The fourth-order valence-electron chi connectivity index (χ4n) is 4.14. The van der Waals surface area contributed by atoms with Crippen LogP contribution in [0.4, 0.5) is 0 Å². The van der Waals surface area contributed by atoms with Crippen LogP contribution in [0.5, 0.6) is 0 Å². The number of allylic oxidation sites excluding steroid dienone is 4. The summed E-state index contributed by atoms with van der Waals surface area (Å²) in [5, 5.41) is 0. The largest absolute Gasteiger partial charge is 0.0876 e. The summed E-state index contributed by atoms with van der Waals surface area (Å²) in [5.74, 6) is 2.23. The molecule has 13 heavy (non-hydrogen) atoms. The maximum absolute atomic E-state index is 2.53. The van der Waals surface area contributed by atoms with Gasteiger partial charge in [0.15, 0.2) is 0 Å². The van der Waals surface area contributed by atoms with E-state index in [-0.39, 0.29) is 0 Å². The van der Waals surface area contributed by atoms with E-state index in [0.717, 1.165) is 11.8 Å². The summed E-state index contributed by atoms with van der Waals surface area (Å²) in [5.41, 5.74) is 1.28. The van der Waals surface area contributed by atoms with Crippen LogP contribution in [0.1, 0.15) is 32.1 Å². The van der Waals surface area contributed by atoms with Gasteiger partial charge < -0.3 is 0 Å². The van der Waals surface area contributed by atoms with E-state index in [0.29, 0.717) is 10.8 Å². The van der Waals surface area contributed by atoms with Crippen LogP contribution in [0, 0.1) is 22.7 Å². The summed E-state index contributed by atoms with van der Waals surface area (Å²) in [7, 11) is 0. The molecule has 0 bridgehead atoms. The lowest BCUT2D eigenvalue weighted by atomic mass is 9.45. The fraction of sp³-hybridized carbons (Fsp3) is 0.692. The lowest BCUT2D eigenvalue weighted by Gasteiger charge is -2.58. The third kappa shape index (κ3) is 0.630. The summed E-state index contributed by atoms with van der Waals surface area (Å²) in [6.07, 6.45) is 17.2. The Kier molecular flexibility index (Phi) is 0.949. The van der Waals surface area contributed by atoms with E-state index in [4.69, 9.17) is 0 Å². The molecule has 2 fully saturated rings. The molecule has 0 spiro atoms. The van der Waals surface area contributed by atoms with Crippen molar-refractivity contribution in [2.75, 3.05) is 0 Å². The van der Waals surface area contributed by atoms with E-state index < -0.39 is 0 Å². The lowest BCUT2D eigenvalue weighted by molar-refractivity contribution is 0.0323. The zero-order chi connectivity index (χ0) is 8.52. The monoisotopic (exact) mass is 172 g/mol. The van der Waals surface area contributed by atoms with Crippen molar-refractivity contribution in [2.24, 2.45) is 22.7 Å². The summed E-state index contributed by atoms with van der Waals surface area (Å²) < 4.78 is 0. The molecule has 4 aliphatic carbocycles. The third-order valence-corrected chi connectivity index (χ3v) is 5.17. The van der Waals surface area contributed by atoms with Gasteiger partial charge in [-0.15, -0.1) is 0 Å². The zero-order valence-corrected chi connectivity index (χ0v) is 8.00.